The molecule has 0 radical (unpaired) electrons. The maximum atomic E-state index is 12.9. The molecule has 0 aliphatic rings. The molecule has 0 saturated heterocycles. The lowest BCUT2D eigenvalue weighted by atomic mass is 10.2. The van der Waals surface area contributed by atoms with E-state index in [-0.39, 0.29) is 23.1 Å². The summed E-state index contributed by atoms with van der Waals surface area (Å²) >= 11 is 0. The van der Waals surface area contributed by atoms with Crippen molar-refractivity contribution in [2.45, 2.75) is 18.9 Å². The van der Waals surface area contributed by atoms with Gasteiger partial charge in [0.15, 0.2) is 5.03 Å². The summed E-state index contributed by atoms with van der Waals surface area (Å²) in [6.45, 7) is 4.09. The Bertz CT molecular complexity index is 789. The Morgan fingerprint density at radius 3 is 2.43 bits per heavy atom. The van der Waals surface area contributed by atoms with Crippen LogP contribution in [0.2, 0.25) is 0 Å². The summed E-state index contributed by atoms with van der Waals surface area (Å²) in [6.07, 6.45) is 1.19. The van der Waals surface area contributed by atoms with Gasteiger partial charge in [-0.15, -0.1) is 0 Å². The molecule has 23 heavy (non-hydrogen) atoms. The molecule has 0 spiro atoms. The number of aromatic nitrogens is 1. The number of rotatable bonds is 6. The first-order chi connectivity index (χ1) is 10.8. The molecule has 0 aliphatic heterocycles. The topological polar surface area (TPSA) is 87.6 Å². The van der Waals surface area contributed by atoms with E-state index in [4.69, 9.17) is 5.11 Å². The van der Waals surface area contributed by atoms with Gasteiger partial charge in [-0.25, -0.2) is 9.78 Å². The van der Waals surface area contributed by atoms with Gasteiger partial charge in [0.1, 0.15) is 0 Å². The maximum Gasteiger partial charge on any atom is 0.335 e. The van der Waals surface area contributed by atoms with Crippen molar-refractivity contribution in [1.82, 2.24) is 4.98 Å². The van der Waals surface area contributed by atoms with Gasteiger partial charge >= 0.3 is 5.97 Å². The monoisotopic (exact) mass is 334 g/mol. The zero-order valence-electron chi connectivity index (χ0n) is 12.9. The molecule has 1 aromatic carbocycles. The summed E-state index contributed by atoms with van der Waals surface area (Å²) in [5.41, 5.74) is 0.403. The van der Waals surface area contributed by atoms with E-state index < -0.39 is 16.0 Å². The van der Waals surface area contributed by atoms with Gasteiger partial charge < -0.3 is 5.11 Å². The molecule has 1 N–H and O–H groups in total. The molecule has 0 aliphatic carbocycles. The molecule has 0 saturated carbocycles. The summed E-state index contributed by atoms with van der Waals surface area (Å²) in [6, 6.07) is 11.0. The van der Waals surface area contributed by atoms with Gasteiger partial charge in [-0.05, 0) is 30.2 Å². The molecule has 0 amide bonds. The molecule has 2 aromatic rings. The van der Waals surface area contributed by atoms with Gasteiger partial charge in [-0.2, -0.15) is 8.42 Å². The van der Waals surface area contributed by atoms with Crippen LogP contribution in [0.1, 0.15) is 24.2 Å². The summed E-state index contributed by atoms with van der Waals surface area (Å²) in [7, 11) is -3.95. The predicted octanol–water partition coefficient (Wildman–Crippen LogP) is 2.63. The Morgan fingerprint density at radius 2 is 1.87 bits per heavy atom. The van der Waals surface area contributed by atoms with E-state index in [1.807, 2.05) is 13.8 Å². The zero-order chi connectivity index (χ0) is 17.0. The fourth-order valence-electron chi connectivity index (χ4n) is 2.06. The minimum absolute atomic E-state index is 0.0904. The molecule has 1 heterocycles. The first-order valence-electron chi connectivity index (χ1n) is 7.09. The first-order valence-corrected chi connectivity index (χ1v) is 8.53. The highest BCUT2D eigenvalue weighted by molar-refractivity contribution is 7.92. The van der Waals surface area contributed by atoms with Crippen LogP contribution >= 0.6 is 0 Å². The van der Waals surface area contributed by atoms with E-state index in [1.165, 1.54) is 16.6 Å². The molecule has 0 unspecified atom stereocenters. The van der Waals surface area contributed by atoms with Crippen molar-refractivity contribution in [2.75, 3.05) is 10.8 Å². The second kappa shape index (κ2) is 6.78. The number of hydrogen-bond donors (Lipinski definition) is 1. The average Bonchev–Trinajstić information content (AvgIpc) is 2.53. The van der Waals surface area contributed by atoms with Gasteiger partial charge in [0, 0.05) is 12.7 Å². The van der Waals surface area contributed by atoms with Crippen molar-refractivity contribution in [1.29, 1.82) is 0 Å². The molecule has 0 fully saturated rings. The van der Waals surface area contributed by atoms with E-state index in [9.17, 15) is 13.2 Å². The van der Waals surface area contributed by atoms with Crippen LogP contribution in [-0.4, -0.2) is 31.0 Å². The Hall–Kier alpha value is -2.41. The number of carboxylic acids is 1. The van der Waals surface area contributed by atoms with E-state index >= 15 is 0 Å². The number of benzene rings is 1. The molecular formula is C16H18N2O4S. The summed E-state index contributed by atoms with van der Waals surface area (Å²) in [5.74, 6) is -1.10. The second-order valence-corrected chi connectivity index (χ2v) is 7.26. The Labute approximate surface area is 135 Å². The van der Waals surface area contributed by atoms with Crippen molar-refractivity contribution in [3.05, 3.63) is 54.2 Å². The van der Waals surface area contributed by atoms with Crippen molar-refractivity contribution in [3.8, 4) is 0 Å². The fraction of sp³-hybridized carbons (Fsp3) is 0.250. The van der Waals surface area contributed by atoms with Crippen LogP contribution in [0.15, 0.2) is 53.7 Å². The lowest BCUT2D eigenvalue weighted by molar-refractivity contribution is 0.0696. The Morgan fingerprint density at radius 1 is 1.22 bits per heavy atom. The quantitative estimate of drug-likeness (QED) is 0.877. The summed E-state index contributed by atoms with van der Waals surface area (Å²) in [4.78, 5) is 14.9. The highest BCUT2D eigenvalue weighted by atomic mass is 32.2. The maximum absolute atomic E-state index is 12.9. The van der Waals surface area contributed by atoms with Gasteiger partial charge in [-0.3, -0.25) is 4.31 Å². The number of aromatic carboxylic acids is 1. The van der Waals surface area contributed by atoms with Gasteiger partial charge in [0.25, 0.3) is 10.0 Å². The molecule has 7 heteroatoms. The van der Waals surface area contributed by atoms with Crippen LogP contribution in [0.4, 0.5) is 5.69 Å². The number of sulfonamides is 1. The number of para-hydroxylation sites is 1. The summed E-state index contributed by atoms with van der Waals surface area (Å²) in [5, 5.41) is 8.76. The molecule has 122 valence electrons. The largest absolute Gasteiger partial charge is 0.478 e. The minimum Gasteiger partial charge on any atom is -0.478 e. The lowest BCUT2D eigenvalue weighted by Crippen LogP contribution is -2.34. The average molecular weight is 334 g/mol. The molecule has 2 rings (SSSR count). The minimum atomic E-state index is -3.95. The van der Waals surface area contributed by atoms with Crippen LogP contribution in [0.3, 0.4) is 0 Å². The fourth-order valence-corrected chi connectivity index (χ4v) is 3.65. The van der Waals surface area contributed by atoms with E-state index in [0.29, 0.717) is 5.69 Å². The number of anilines is 1. The SMILES string of the molecule is CC(C)CN(c1ccccc1)S(=O)(=O)c1cc(C(=O)O)ccn1. The van der Waals surface area contributed by atoms with Crippen molar-refractivity contribution in [2.24, 2.45) is 5.92 Å². The van der Waals surface area contributed by atoms with E-state index in [0.717, 1.165) is 6.07 Å². The number of nitrogens with zero attached hydrogens (tertiary/aromatic N) is 2. The first kappa shape index (κ1) is 17.0. The van der Waals surface area contributed by atoms with Crippen LogP contribution in [0.25, 0.3) is 0 Å². The third-order valence-corrected chi connectivity index (χ3v) is 4.80. The third kappa shape index (κ3) is 3.87. The Balaban J connectivity index is 2.52. The van der Waals surface area contributed by atoms with E-state index in [2.05, 4.69) is 4.98 Å². The molecule has 6 nitrogen and oxygen atoms in total. The van der Waals surface area contributed by atoms with Crippen LogP contribution in [0.5, 0.6) is 0 Å². The van der Waals surface area contributed by atoms with Gasteiger partial charge in [0.2, 0.25) is 0 Å². The van der Waals surface area contributed by atoms with Crippen molar-refractivity contribution in [3.63, 3.8) is 0 Å². The van der Waals surface area contributed by atoms with Gasteiger partial charge in [0.05, 0.1) is 11.3 Å². The molecular weight excluding hydrogens is 316 g/mol. The van der Waals surface area contributed by atoms with Crippen molar-refractivity contribution < 1.29 is 18.3 Å². The highest BCUT2D eigenvalue weighted by Gasteiger charge is 2.27. The van der Waals surface area contributed by atoms with E-state index in [1.54, 1.807) is 30.3 Å². The molecule has 0 atom stereocenters. The lowest BCUT2D eigenvalue weighted by Gasteiger charge is -2.25. The number of carbonyl (C=O) groups is 1. The van der Waals surface area contributed by atoms with Gasteiger partial charge in [-0.1, -0.05) is 32.0 Å². The Kier molecular flexibility index (Phi) is 5.00. The third-order valence-electron chi connectivity index (χ3n) is 3.11. The smallest absolute Gasteiger partial charge is 0.335 e. The molecule has 0 bridgehead atoms. The number of hydrogen-bond acceptors (Lipinski definition) is 4. The van der Waals surface area contributed by atoms with Crippen LogP contribution in [0, 0.1) is 5.92 Å². The van der Waals surface area contributed by atoms with Crippen LogP contribution < -0.4 is 4.31 Å². The summed E-state index contributed by atoms with van der Waals surface area (Å²) < 4.78 is 27.1. The van der Waals surface area contributed by atoms with Crippen LogP contribution in [-0.2, 0) is 10.0 Å². The van der Waals surface area contributed by atoms with Crippen molar-refractivity contribution >= 4 is 21.7 Å². The predicted molar refractivity (Wildman–Crippen MR) is 87.0 cm³/mol. The molecule has 1 aromatic heterocycles. The highest BCUT2D eigenvalue weighted by Crippen LogP contribution is 2.24. The normalized spacial score (nSPS) is 11.4. The number of carboxylic acid groups (broad SMARTS) is 1. The number of pyridine rings is 1. The zero-order valence-corrected chi connectivity index (χ0v) is 13.7. The second-order valence-electron chi connectivity index (χ2n) is 5.45. The standard InChI is InChI=1S/C16H18N2O4S/c1-12(2)11-18(14-6-4-3-5-7-14)23(21,22)15-10-13(16(19)20)8-9-17-15/h3-10,12H,11H2,1-2H3,(H,19,20).